The van der Waals surface area contributed by atoms with E-state index in [1.165, 1.54) is 11.3 Å². The first-order valence-electron chi connectivity index (χ1n) is 5.80. The minimum atomic E-state index is -3.39. The summed E-state index contributed by atoms with van der Waals surface area (Å²) in [5.74, 6) is 0. The lowest BCUT2D eigenvalue weighted by molar-refractivity contribution is 0.407. The van der Waals surface area contributed by atoms with Crippen LogP contribution >= 0.6 is 38.6 Å². The fourth-order valence-corrected chi connectivity index (χ4v) is 6.03. The van der Waals surface area contributed by atoms with Crippen LogP contribution in [0.15, 0.2) is 37.0 Å². The van der Waals surface area contributed by atoms with Gasteiger partial charge in [-0.1, -0.05) is 6.92 Å². The van der Waals surface area contributed by atoms with Gasteiger partial charge in [0.25, 0.3) is 10.0 Å². The van der Waals surface area contributed by atoms with E-state index in [0.29, 0.717) is 17.3 Å². The molecule has 2 rings (SSSR count). The largest absolute Gasteiger partial charge is 0.252 e. The Hall–Kier alpha value is -0.210. The zero-order valence-corrected chi connectivity index (χ0v) is 14.4. The molecular weight excluding hydrogens is 366 g/mol. The van der Waals surface area contributed by atoms with Crippen molar-refractivity contribution in [3.63, 3.8) is 0 Å². The summed E-state index contributed by atoms with van der Waals surface area (Å²) in [6.07, 6.45) is 0.802. The first-order chi connectivity index (χ1) is 9.04. The molecule has 0 N–H and O–H groups in total. The van der Waals surface area contributed by atoms with E-state index in [9.17, 15) is 8.42 Å². The Balaban J connectivity index is 2.27. The predicted octanol–water partition coefficient (Wildman–Crippen LogP) is 4.17. The first kappa shape index (κ1) is 15.2. The van der Waals surface area contributed by atoms with Crippen LogP contribution in [0.5, 0.6) is 0 Å². The SMILES string of the molecule is CCCN(Cc1ccsc1)S(=O)(=O)c1ccc(Br)s1. The van der Waals surface area contributed by atoms with Crippen molar-refractivity contribution in [3.05, 3.63) is 38.3 Å². The van der Waals surface area contributed by atoms with Crippen LogP contribution in [-0.4, -0.2) is 19.3 Å². The molecule has 0 saturated carbocycles. The Kier molecular flexibility index (Phi) is 5.19. The summed E-state index contributed by atoms with van der Waals surface area (Å²) >= 11 is 6.15. The average molecular weight is 380 g/mol. The second-order valence-electron chi connectivity index (χ2n) is 4.03. The van der Waals surface area contributed by atoms with Crippen LogP contribution < -0.4 is 0 Å². The fraction of sp³-hybridized carbons (Fsp3) is 0.333. The maximum absolute atomic E-state index is 12.6. The summed E-state index contributed by atoms with van der Waals surface area (Å²) in [6, 6.07) is 5.39. The zero-order chi connectivity index (χ0) is 13.9. The van der Waals surface area contributed by atoms with E-state index in [2.05, 4.69) is 15.9 Å². The van der Waals surface area contributed by atoms with Crippen molar-refractivity contribution in [1.29, 1.82) is 0 Å². The lowest BCUT2D eigenvalue weighted by Gasteiger charge is -2.20. The molecule has 0 amide bonds. The standard InChI is InChI=1S/C12H14BrNO2S3/c1-2-6-14(8-10-5-7-17-9-10)19(15,16)12-4-3-11(13)18-12/h3-5,7,9H,2,6,8H2,1H3. The van der Waals surface area contributed by atoms with E-state index in [-0.39, 0.29) is 0 Å². The normalized spacial score (nSPS) is 12.2. The molecule has 0 aliphatic heterocycles. The van der Waals surface area contributed by atoms with Crippen LogP contribution in [-0.2, 0) is 16.6 Å². The monoisotopic (exact) mass is 379 g/mol. The third-order valence-electron chi connectivity index (χ3n) is 2.55. The van der Waals surface area contributed by atoms with Crippen LogP contribution in [0.25, 0.3) is 0 Å². The summed E-state index contributed by atoms with van der Waals surface area (Å²) < 4.78 is 27.9. The van der Waals surface area contributed by atoms with Gasteiger partial charge in [0.1, 0.15) is 4.21 Å². The number of halogens is 1. The minimum Gasteiger partial charge on any atom is -0.206 e. The molecule has 104 valence electrons. The summed E-state index contributed by atoms with van der Waals surface area (Å²) in [5.41, 5.74) is 1.04. The highest BCUT2D eigenvalue weighted by molar-refractivity contribution is 9.11. The lowest BCUT2D eigenvalue weighted by atomic mass is 10.3. The Morgan fingerprint density at radius 3 is 2.63 bits per heavy atom. The van der Waals surface area contributed by atoms with Gasteiger partial charge in [0.15, 0.2) is 0 Å². The Labute approximate surface area is 130 Å². The third-order valence-corrected chi connectivity index (χ3v) is 7.22. The fourth-order valence-electron chi connectivity index (χ4n) is 1.68. The van der Waals surface area contributed by atoms with Gasteiger partial charge in [0, 0.05) is 13.1 Å². The van der Waals surface area contributed by atoms with Gasteiger partial charge in [0.2, 0.25) is 0 Å². The van der Waals surface area contributed by atoms with Gasteiger partial charge in [0.05, 0.1) is 3.79 Å². The maximum Gasteiger partial charge on any atom is 0.252 e. The molecule has 0 fully saturated rings. The number of nitrogens with zero attached hydrogens (tertiary/aromatic N) is 1. The summed E-state index contributed by atoms with van der Waals surface area (Å²) in [7, 11) is -3.39. The molecule has 0 aliphatic rings. The van der Waals surface area contributed by atoms with Crippen LogP contribution in [0, 0.1) is 0 Å². The number of thiophene rings is 2. The third kappa shape index (κ3) is 3.66. The van der Waals surface area contributed by atoms with Gasteiger partial charge >= 0.3 is 0 Å². The van der Waals surface area contributed by atoms with Crippen LogP contribution in [0.2, 0.25) is 0 Å². The highest BCUT2D eigenvalue weighted by Gasteiger charge is 2.25. The highest BCUT2D eigenvalue weighted by Crippen LogP contribution is 2.29. The summed E-state index contributed by atoms with van der Waals surface area (Å²) in [6.45, 7) is 2.96. The number of hydrogen-bond acceptors (Lipinski definition) is 4. The summed E-state index contributed by atoms with van der Waals surface area (Å²) in [5, 5.41) is 3.95. The van der Waals surface area contributed by atoms with Gasteiger partial charge in [-0.25, -0.2) is 8.42 Å². The molecule has 0 atom stereocenters. The van der Waals surface area contributed by atoms with Gasteiger partial charge < -0.3 is 0 Å². The number of sulfonamides is 1. The number of rotatable bonds is 6. The van der Waals surface area contributed by atoms with Gasteiger partial charge in [-0.15, -0.1) is 11.3 Å². The maximum atomic E-state index is 12.6. The van der Waals surface area contributed by atoms with E-state index >= 15 is 0 Å². The first-order valence-corrected chi connectivity index (χ1v) is 9.80. The quantitative estimate of drug-likeness (QED) is 0.754. The molecule has 0 spiro atoms. The summed E-state index contributed by atoms with van der Waals surface area (Å²) in [4.78, 5) is 0. The molecule has 3 nitrogen and oxygen atoms in total. The molecule has 2 aromatic heterocycles. The Morgan fingerprint density at radius 2 is 2.11 bits per heavy atom. The predicted molar refractivity (Wildman–Crippen MR) is 84.2 cm³/mol. The van der Waals surface area contributed by atoms with Crippen molar-refractivity contribution < 1.29 is 8.42 Å². The second-order valence-corrected chi connectivity index (χ2v) is 9.44. The molecule has 0 aliphatic carbocycles. The molecule has 19 heavy (non-hydrogen) atoms. The van der Waals surface area contributed by atoms with E-state index in [1.54, 1.807) is 27.8 Å². The van der Waals surface area contributed by atoms with E-state index in [1.807, 2.05) is 23.8 Å². The molecule has 7 heteroatoms. The topological polar surface area (TPSA) is 37.4 Å². The minimum absolute atomic E-state index is 0.392. The van der Waals surface area contributed by atoms with Gasteiger partial charge in [-0.3, -0.25) is 0 Å². The smallest absolute Gasteiger partial charge is 0.206 e. The molecule has 0 aromatic carbocycles. The van der Waals surface area contributed by atoms with Crippen molar-refractivity contribution in [2.24, 2.45) is 0 Å². The Morgan fingerprint density at radius 1 is 1.32 bits per heavy atom. The molecular formula is C12H14BrNO2S3. The average Bonchev–Trinajstić information content (AvgIpc) is 3.00. The molecule has 2 heterocycles. The van der Waals surface area contributed by atoms with Crippen LogP contribution in [0.3, 0.4) is 0 Å². The van der Waals surface area contributed by atoms with E-state index in [4.69, 9.17) is 0 Å². The van der Waals surface area contributed by atoms with E-state index in [0.717, 1.165) is 15.8 Å². The van der Waals surface area contributed by atoms with Gasteiger partial charge in [-0.05, 0) is 56.9 Å². The van der Waals surface area contributed by atoms with Crippen molar-refractivity contribution in [2.75, 3.05) is 6.54 Å². The van der Waals surface area contributed by atoms with Gasteiger partial charge in [-0.2, -0.15) is 15.6 Å². The van der Waals surface area contributed by atoms with Crippen LogP contribution in [0.4, 0.5) is 0 Å². The lowest BCUT2D eigenvalue weighted by Crippen LogP contribution is -2.30. The molecule has 2 aromatic rings. The second kappa shape index (κ2) is 6.49. The molecule has 0 bridgehead atoms. The van der Waals surface area contributed by atoms with Crippen molar-refractivity contribution in [2.45, 2.75) is 24.1 Å². The van der Waals surface area contributed by atoms with Crippen molar-refractivity contribution in [1.82, 2.24) is 4.31 Å². The molecule has 0 saturated heterocycles. The molecule has 0 unspecified atom stereocenters. The van der Waals surface area contributed by atoms with Crippen molar-refractivity contribution in [3.8, 4) is 0 Å². The zero-order valence-electron chi connectivity index (χ0n) is 10.4. The molecule has 0 radical (unpaired) electrons. The van der Waals surface area contributed by atoms with Crippen molar-refractivity contribution >= 4 is 48.6 Å². The van der Waals surface area contributed by atoms with E-state index < -0.39 is 10.0 Å². The highest BCUT2D eigenvalue weighted by atomic mass is 79.9. The van der Waals surface area contributed by atoms with Crippen LogP contribution in [0.1, 0.15) is 18.9 Å². The number of hydrogen-bond donors (Lipinski definition) is 0. The Bertz CT molecular complexity index is 619.